The van der Waals surface area contributed by atoms with Crippen LogP contribution in [0.15, 0.2) is 24.3 Å². The fourth-order valence-corrected chi connectivity index (χ4v) is 8.95. The summed E-state index contributed by atoms with van der Waals surface area (Å²) in [6, 6.07) is 7.70. The Morgan fingerprint density at radius 3 is 2.58 bits per heavy atom. The molecule has 0 bridgehead atoms. The Kier molecular flexibility index (Phi) is 5.52. The van der Waals surface area contributed by atoms with E-state index in [0.717, 1.165) is 34.7 Å². The summed E-state index contributed by atoms with van der Waals surface area (Å²) in [6.07, 6.45) is 10.4. The molecule has 1 N–H and O–H groups in total. The lowest BCUT2D eigenvalue weighted by molar-refractivity contribution is -0.153. The SMILES string of the molecule is C[C@]12CC[C@@H](OC(=O)c3cccc(I)c3)C[C@@H]1CC[C@@H]1[C@H]3CC[C@](C)(O)[C@]3(C)CC[C@@H]12. The average Bonchev–Trinajstić information content (AvgIpc) is 2.97. The molecule has 0 heterocycles. The smallest absolute Gasteiger partial charge is 0.338 e. The van der Waals surface area contributed by atoms with Crippen molar-refractivity contribution < 1.29 is 14.6 Å². The van der Waals surface area contributed by atoms with Gasteiger partial charge < -0.3 is 9.84 Å². The maximum absolute atomic E-state index is 12.7. The molecule has 0 aliphatic heterocycles. The van der Waals surface area contributed by atoms with Crippen molar-refractivity contribution in [3.05, 3.63) is 33.4 Å². The first-order chi connectivity index (χ1) is 14.6. The van der Waals surface area contributed by atoms with Gasteiger partial charge >= 0.3 is 5.97 Å². The van der Waals surface area contributed by atoms with Crippen molar-refractivity contribution in [3.8, 4) is 0 Å². The van der Waals surface area contributed by atoms with Crippen LogP contribution >= 0.6 is 22.6 Å². The van der Waals surface area contributed by atoms with E-state index >= 15 is 0 Å². The van der Waals surface area contributed by atoms with Crippen LogP contribution in [0.1, 0.15) is 88.9 Å². The van der Waals surface area contributed by atoms with E-state index < -0.39 is 5.60 Å². The number of aliphatic hydroxyl groups is 1. The predicted molar refractivity (Wildman–Crippen MR) is 131 cm³/mol. The van der Waals surface area contributed by atoms with Crippen molar-refractivity contribution in [1.29, 1.82) is 0 Å². The third-order valence-corrected chi connectivity index (χ3v) is 11.2. The first-order valence-corrected chi connectivity index (χ1v) is 13.4. The second-order valence-corrected chi connectivity index (χ2v) is 13.0. The Labute approximate surface area is 200 Å². The van der Waals surface area contributed by atoms with E-state index in [4.69, 9.17) is 4.74 Å². The molecule has 1 aromatic rings. The van der Waals surface area contributed by atoms with Crippen LogP contribution in [0.2, 0.25) is 0 Å². The maximum atomic E-state index is 12.7. The summed E-state index contributed by atoms with van der Waals surface area (Å²) in [7, 11) is 0. The molecule has 4 aliphatic carbocycles. The number of hydrogen-bond donors (Lipinski definition) is 1. The van der Waals surface area contributed by atoms with Crippen molar-refractivity contribution in [2.75, 3.05) is 0 Å². The molecule has 4 fully saturated rings. The van der Waals surface area contributed by atoms with Gasteiger partial charge in [0.1, 0.15) is 6.10 Å². The Morgan fingerprint density at radius 2 is 1.81 bits per heavy atom. The zero-order chi connectivity index (χ0) is 22.0. The van der Waals surface area contributed by atoms with Crippen LogP contribution < -0.4 is 0 Å². The summed E-state index contributed by atoms with van der Waals surface area (Å²) >= 11 is 2.24. The van der Waals surface area contributed by atoms with Crippen molar-refractivity contribution in [3.63, 3.8) is 0 Å². The predicted octanol–water partition coefficient (Wildman–Crippen LogP) is 6.61. The van der Waals surface area contributed by atoms with E-state index in [9.17, 15) is 9.90 Å². The van der Waals surface area contributed by atoms with Gasteiger partial charge in [0.15, 0.2) is 0 Å². The minimum atomic E-state index is -0.499. The second kappa shape index (κ2) is 7.72. The molecule has 0 spiro atoms. The van der Waals surface area contributed by atoms with Crippen molar-refractivity contribution in [2.45, 2.75) is 90.3 Å². The fraction of sp³-hybridized carbons (Fsp3) is 0.741. The van der Waals surface area contributed by atoms with Gasteiger partial charge in [-0.25, -0.2) is 4.79 Å². The fourth-order valence-electron chi connectivity index (χ4n) is 8.40. The van der Waals surface area contributed by atoms with E-state index in [0.29, 0.717) is 22.8 Å². The Morgan fingerprint density at radius 1 is 1.03 bits per heavy atom. The van der Waals surface area contributed by atoms with Gasteiger partial charge in [-0.05, 0) is 140 Å². The number of benzene rings is 1. The molecule has 4 saturated carbocycles. The minimum Gasteiger partial charge on any atom is -0.459 e. The first kappa shape index (κ1) is 22.2. The monoisotopic (exact) mass is 536 g/mol. The summed E-state index contributed by atoms with van der Waals surface area (Å²) in [4.78, 5) is 12.7. The highest BCUT2D eigenvalue weighted by Gasteiger charge is 2.63. The molecule has 1 aromatic carbocycles. The van der Waals surface area contributed by atoms with E-state index in [2.05, 4.69) is 43.4 Å². The van der Waals surface area contributed by atoms with E-state index in [-0.39, 0.29) is 17.5 Å². The summed E-state index contributed by atoms with van der Waals surface area (Å²) in [5, 5.41) is 11.1. The molecule has 8 atom stereocenters. The average molecular weight is 536 g/mol. The van der Waals surface area contributed by atoms with Crippen LogP contribution in [-0.2, 0) is 4.74 Å². The highest BCUT2D eigenvalue weighted by molar-refractivity contribution is 14.1. The van der Waals surface area contributed by atoms with E-state index in [1.54, 1.807) is 0 Å². The molecular formula is C27H37IO3. The lowest BCUT2D eigenvalue weighted by Gasteiger charge is -2.61. The largest absolute Gasteiger partial charge is 0.459 e. The Bertz CT molecular complexity index is 866. The highest BCUT2D eigenvalue weighted by Crippen LogP contribution is 2.68. The molecule has 0 unspecified atom stereocenters. The van der Waals surface area contributed by atoms with Crippen LogP contribution in [0.4, 0.5) is 0 Å². The number of carbonyl (C=O) groups is 1. The first-order valence-electron chi connectivity index (χ1n) is 12.3. The molecule has 0 saturated heterocycles. The standard InChI is InChI=1S/C27H37IO3/c1-25-12-9-20(31-24(29)17-5-4-6-19(28)15-17)16-18(25)7-8-21-22(25)10-13-26(2)23(21)11-14-27(26,3)30/h4-6,15,18,20-23,30H,7-14,16H2,1-3H3/t18-,20+,21-,22-,23+,25-,26+,27-/m0/s1. The summed E-state index contributed by atoms with van der Waals surface area (Å²) in [6.45, 7) is 7.01. The van der Waals surface area contributed by atoms with Crippen LogP contribution in [0.5, 0.6) is 0 Å². The van der Waals surface area contributed by atoms with Crippen LogP contribution in [0, 0.1) is 38.1 Å². The zero-order valence-corrected chi connectivity index (χ0v) is 21.4. The molecule has 4 heteroatoms. The molecule has 31 heavy (non-hydrogen) atoms. The molecule has 3 nitrogen and oxygen atoms in total. The normalized spacial score (nSPS) is 46.5. The van der Waals surface area contributed by atoms with Crippen molar-refractivity contribution in [2.24, 2.45) is 34.5 Å². The number of fused-ring (bicyclic) bond motifs is 5. The molecule has 0 radical (unpaired) electrons. The lowest BCUT2D eigenvalue weighted by atomic mass is 9.44. The van der Waals surface area contributed by atoms with E-state index in [1.165, 1.54) is 38.5 Å². The Hall–Kier alpha value is -0.620. The summed E-state index contributed by atoms with van der Waals surface area (Å²) in [5.74, 6) is 2.70. The summed E-state index contributed by atoms with van der Waals surface area (Å²) in [5.41, 5.74) is 0.631. The number of hydrogen-bond acceptors (Lipinski definition) is 3. The van der Waals surface area contributed by atoms with Gasteiger partial charge in [-0.15, -0.1) is 0 Å². The lowest BCUT2D eigenvalue weighted by Crippen LogP contribution is -2.56. The third kappa shape index (κ3) is 3.50. The Balaban J connectivity index is 1.28. The van der Waals surface area contributed by atoms with Crippen molar-refractivity contribution in [1.82, 2.24) is 0 Å². The van der Waals surface area contributed by atoms with Gasteiger partial charge in [0, 0.05) is 3.57 Å². The van der Waals surface area contributed by atoms with Gasteiger partial charge in [0.2, 0.25) is 0 Å². The maximum Gasteiger partial charge on any atom is 0.338 e. The summed E-state index contributed by atoms with van der Waals surface area (Å²) < 4.78 is 7.07. The van der Waals surface area contributed by atoms with Gasteiger partial charge in [-0.1, -0.05) is 19.9 Å². The van der Waals surface area contributed by atoms with Gasteiger partial charge in [0.05, 0.1) is 11.2 Å². The van der Waals surface area contributed by atoms with E-state index in [1.807, 2.05) is 24.3 Å². The van der Waals surface area contributed by atoms with Crippen LogP contribution in [0.3, 0.4) is 0 Å². The highest BCUT2D eigenvalue weighted by atomic mass is 127. The number of carbonyl (C=O) groups excluding carboxylic acids is 1. The van der Waals surface area contributed by atoms with Crippen molar-refractivity contribution >= 4 is 28.6 Å². The molecular weight excluding hydrogens is 499 g/mol. The molecule has 0 amide bonds. The molecule has 170 valence electrons. The molecule has 4 aliphatic rings. The third-order valence-electron chi connectivity index (χ3n) is 10.5. The van der Waals surface area contributed by atoms with Gasteiger partial charge in [-0.3, -0.25) is 0 Å². The zero-order valence-electron chi connectivity index (χ0n) is 19.2. The number of halogens is 1. The van der Waals surface area contributed by atoms with Crippen LogP contribution in [0.25, 0.3) is 0 Å². The van der Waals surface area contributed by atoms with Crippen LogP contribution in [-0.4, -0.2) is 22.8 Å². The van der Waals surface area contributed by atoms with Gasteiger partial charge in [-0.2, -0.15) is 0 Å². The number of rotatable bonds is 2. The number of esters is 1. The second-order valence-electron chi connectivity index (χ2n) is 11.7. The van der Waals surface area contributed by atoms with Gasteiger partial charge in [0.25, 0.3) is 0 Å². The quantitative estimate of drug-likeness (QED) is 0.342. The topological polar surface area (TPSA) is 46.5 Å². The number of ether oxygens (including phenoxy) is 1. The molecule has 5 rings (SSSR count). The minimum absolute atomic E-state index is 0.0565. The molecule has 0 aromatic heterocycles.